The minimum Gasteiger partial charge on any atom is -0.489 e. The smallest absolute Gasteiger partial charge is 0.341 e. The Bertz CT molecular complexity index is 1300. The van der Waals surface area contributed by atoms with Gasteiger partial charge in [-0.2, -0.15) is 4.98 Å². The molecule has 196 valence electrons. The zero-order valence-electron chi connectivity index (χ0n) is 20.9. The number of carboxylic acids is 1. The van der Waals surface area contributed by atoms with Crippen molar-refractivity contribution in [3.05, 3.63) is 41.5 Å². The Morgan fingerprint density at radius 1 is 1.24 bits per heavy atom. The summed E-state index contributed by atoms with van der Waals surface area (Å²) in [6, 6.07) is 5.57. The van der Waals surface area contributed by atoms with Crippen molar-refractivity contribution in [1.29, 1.82) is 0 Å². The molecule has 4 atom stereocenters. The van der Waals surface area contributed by atoms with Crippen LogP contribution in [0.4, 0.5) is 4.39 Å². The third-order valence-corrected chi connectivity index (χ3v) is 7.31. The quantitative estimate of drug-likeness (QED) is 0.456. The molecule has 37 heavy (non-hydrogen) atoms. The van der Waals surface area contributed by atoms with Crippen molar-refractivity contribution >= 4 is 5.97 Å². The molecule has 0 radical (unpaired) electrons. The van der Waals surface area contributed by atoms with E-state index in [1.165, 1.54) is 0 Å². The van der Waals surface area contributed by atoms with Gasteiger partial charge < -0.3 is 19.3 Å². The summed E-state index contributed by atoms with van der Waals surface area (Å²) in [4.78, 5) is 24.6. The first-order valence-electron chi connectivity index (χ1n) is 12.2. The standard InChI is InChI=1S/C25H29FN6O5/c1-14-21(37-17-10-15-6-8-25(26,23(33)34)18(15)11-17)5-4-19(28-14)22-20(32(2)31-30-22)13-36-24-27-9-7-16(29-24)12-35-3/h4-5,7,9,15,17-18H,6,8,10-13H2,1-3H3,(H,33,34)/t15-,17-,18+,25+/m1/s1. The number of fused-ring (bicyclic) bond motifs is 1. The van der Waals surface area contributed by atoms with E-state index in [-0.39, 0.29) is 31.1 Å². The lowest BCUT2D eigenvalue weighted by Gasteiger charge is -2.22. The zero-order valence-corrected chi connectivity index (χ0v) is 20.9. The van der Waals surface area contributed by atoms with E-state index in [1.807, 2.05) is 13.0 Å². The van der Waals surface area contributed by atoms with E-state index >= 15 is 0 Å². The summed E-state index contributed by atoms with van der Waals surface area (Å²) in [5.41, 5.74) is 1.05. The van der Waals surface area contributed by atoms with E-state index in [1.54, 1.807) is 37.2 Å². The number of aliphatic carboxylic acids is 1. The molecule has 12 heteroatoms. The lowest BCUT2D eigenvalue weighted by molar-refractivity contribution is -0.153. The molecular formula is C25H29FN6O5. The van der Waals surface area contributed by atoms with Crippen molar-refractivity contribution in [2.45, 2.75) is 57.6 Å². The lowest BCUT2D eigenvalue weighted by Crippen LogP contribution is -2.38. The molecule has 3 aromatic heterocycles. The number of hydrogen-bond donors (Lipinski definition) is 1. The molecule has 0 bridgehead atoms. The van der Waals surface area contributed by atoms with Crippen molar-refractivity contribution in [3.63, 3.8) is 0 Å². The molecule has 2 saturated carbocycles. The zero-order chi connectivity index (χ0) is 26.2. The van der Waals surface area contributed by atoms with Crippen LogP contribution in [-0.4, -0.2) is 59.9 Å². The maximum atomic E-state index is 15.0. The van der Waals surface area contributed by atoms with Gasteiger partial charge in [-0.3, -0.25) is 0 Å². The van der Waals surface area contributed by atoms with Crippen molar-refractivity contribution in [2.75, 3.05) is 7.11 Å². The normalized spacial score (nSPS) is 24.7. The van der Waals surface area contributed by atoms with Crippen LogP contribution in [0.2, 0.25) is 0 Å². The number of hydrogen-bond acceptors (Lipinski definition) is 9. The molecule has 3 aromatic rings. The summed E-state index contributed by atoms with van der Waals surface area (Å²) in [5.74, 6) is -1.26. The third-order valence-electron chi connectivity index (χ3n) is 7.31. The van der Waals surface area contributed by atoms with Crippen LogP contribution in [-0.2, 0) is 29.8 Å². The second-order valence-corrected chi connectivity index (χ2v) is 9.62. The fraction of sp³-hybridized carbons (Fsp3) is 0.520. The maximum absolute atomic E-state index is 15.0. The Hall–Kier alpha value is -3.67. The first kappa shape index (κ1) is 25.0. The maximum Gasteiger partial charge on any atom is 0.341 e. The van der Waals surface area contributed by atoms with E-state index in [2.05, 4.69) is 25.3 Å². The number of carboxylic acid groups (broad SMARTS) is 1. The highest BCUT2D eigenvalue weighted by atomic mass is 19.1. The molecule has 0 aliphatic heterocycles. The number of alkyl halides is 1. The number of aryl methyl sites for hydroxylation is 2. The molecule has 5 rings (SSSR count). The molecular weight excluding hydrogens is 483 g/mol. The van der Waals surface area contributed by atoms with Crippen LogP contribution in [0.25, 0.3) is 11.4 Å². The van der Waals surface area contributed by atoms with Gasteiger partial charge in [0.25, 0.3) is 0 Å². The predicted octanol–water partition coefficient (Wildman–Crippen LogP) is 3.06. The molecule has 0 saturated heterocycles. The topological polar surface area (TPSA) is 134 Å². The monoisotopic (exact) mass is 512 g/mol. The highest BCUT2D eigenvalue weighted by Gasteiger charge is 2.58. The number of halogens is 1. The number of nitrogens with zero attached hydrogens (tertiary/aromatic N) is 6. The van der Waals surface area contributed by atoms with Crippen molar-refractivity contribution in [1.82, 2.24) is 29.9 Å². The Kier molecular flexibility index (Phi) is 6.76. The van der Waals surface area contributed by atoms with E-state index in [9.17, 15) is 14.3 Å². The van der Waals surface area contributed by atoms with Gasteiger partial charge in [0.05, 0.1) is 29.8 Å². The van der Waals surface area contributed by atoms with E-state index in [0.29, 0.717) is 60.1 Å². The molecule has 0 unspecified atom stereocenters. The molecule has 0 spiro atoms. The van der Waals surface area contributed by atoms with Gasteiger partial charge in [-0.1, -0.05) is 5.21 Å². The van der Waals surface area contributed by atoms with Crippen molar-refractivity contribution in [2.24, 2.45) is 18.9 Å². The molecule has 2 fully saturated rings. The van der Waals surface area contributed by atoms with Gasteiger partial charge in [-0.05, 0) is 56.7 Å². The fourth-order valence-corrected chi connectivity index (χ4v) is 5.42. The lowest BCUT2D eigenvalue weighted by atomic mass is 9.89. The number of methoxy groups -OCH3 is 1. The first-order chi connectivity index (χ1) is 17.8. The van der Waals surface area contributed by atoms with Crippen LogP contribution in [0.3, 0.4) is 0 Å². The number of ether oxygens (including phenoxy) is 3. The van der Waals surface area contributed by atoms with Crippen LogP contribution < -0.4 is 9.47 Å². The molecule has 0 amide bonds. The van der Waals surface area contributed by atoms with E-state index < -0.39 is 17.6 Å². The summed E-state index contributed by atoms with van der Waals surface area (Å²) < 4.78 is 33.6. The summed E-state index contributed by atoms with van der Waals surface area (Å²) in [6.07, 6.45) is 3.04. The van der Waals surface area contributed by atoms with Crippen LogP contribution in [0.15, 0.2) is 24.4 Å². The van der Waals surface area contributed by atoms with Crippen molar-refractivity contribution in [3.8, 4) is 23.1 Å². The fourth-order valence-electron chi connectivity index (χ4n) is 5.42. The summed E-state index contributed by atoms with van der Waals surface area (Å²) in [6.45, 7) is 2.31. The Balaban J connectivity index is 1.28. The van der Waals surface area contributed by atoms with E-state index in [4.69, 9.17) is 14.2 Å². The number of rotatable bonds is 9. The summed E-state index contributed by atoms with van der Waals surface area (Å²) >= 11 is 0. The molecule has 1 N–H and O–H groups in total. The van der Waals surface area contributed by atoms with Gasteiger partial charge in [0, 0.05) is 26.3 Å². The second-order valence-electron chi connectivity index (χ2n) is 9.62. The Labute approximate surface area is 213 Å². The number of carbonyl (C=O) groups is 1. The second kappa shape index (κ2) is 10.0. The van der Waals surface area contributed by atoms with Gasteiger partial charge in [0.1, 0.15) is 23.7 Å². The average Bonchev–Trinajstić information content (AvgIpc) is 3.54. The number of aromatic nitrogens is 6. The summed E-state index contributed by atoms with van der Waals surface area (Å²) in [5, 5.41) is 17.8. The Morgan fingerprint density at radius 2 is 2.08 bits per heavy atom. The van der Waals surface area contributed by atoms with Gasteiger partial charge in [-0.15, -0.1) is 5.10 Å². The van der Waals surface area contributed by atoms with Gasteiger partial charge in [-0.25, -0.2) is 23.8 Å². The largest absolute Gasteiger partial charge is 0.489 e. The molecule has 2 aliphatic rings. The third kappa shape index (κ3) is 4.85. The summed E-state index contributed by atoms with van der Waals surface area (Å²) in [7, 11) is 3.36. The van der Waals surface area contributed by atoms with Gasteiger partial charge in [0.2, 0.25) is 5.67 Å². The predicted molar refractivity (Wildman–Crippen MR) is 127 cm³/mol. The van der Waals surface area contributed by atoms with Gasteiger partial charge >= 0.3 is 12.0 Å². The minimum atomic E-state index is -2.15. The minimum absolute atomic E-state index is 0.0277. The highest BCUT2D eigenvalue weighted by molar-refractivity contribution is 5.78. The van der Waals surface area contributed by atoms with Crippen LogP contribution in [0.5, 0.6) is 11.8 Å². The Morgan fingerprint density at radius 3 is 2.84 bits per heavy atom. The SMILES string of the molecule is COCc1ccnc(OCc2c(-c3ccc(O[C@@H]4C[C@H]5CC[C@@](F)(C(=O)O)[C@H]5C4)c(C)n3)nnn2C)n1. The molecule has 3 heterocycles. The van der Waals surface area contributed by atoms with Crippen LogP contribution in [0, 0.1) is 18.8 Å². The van der Waals surface area contributed by atoms with Gasteiger partial charge in [0.15, 0.2) is 0 Å². The number of pyridine rings is 1. The van der Waals surface area contributed by atoms with Crippen molar-refractivity contribution < 1.29 is 28.5 Å². The molecule has 11 nitrogen and oxygen atoms in total. The first-order valence-corrected chi connectivity index (χ1v) is 12.2. The molecule has 0 aromatic carbocycles. The van der Waals surface area contributed by atoms with Crippen LogP contribution in [0.1, 0.15) is 42.8 Å². The van der Waals surface area contributed by atoms with Crippen LogP contribution >= 0.6 is 0 Å². The highest BCUT2D eigenvalue weighted by Crippen LogP contribution is 2.52. The molecule has 2 aliphatic carbocycles. The van der Waals surface area contributed by atoms with E-state index in [0.717, 1.165) is 0 Å². The average molecular weight is 513 g/mol.